The quantitative estimate of drug-likeness (QED) is 0.505. The van der Waals surface area contributed by atoms with Gasteiger partial charge in [-0.25, -0.2) is 0 Å². The van der Waals surface area contributed by atoms with Gasteiger partial charge in [0.25, 0.3) is 0 Å². The van der Waals surface area contributed by atoms with E-state index in [-0.39, 0.29) is 0 Å². The van der Waals surface area contributed by atoms with E-state index in [1.165, 1.54) is 5.75 Å². The Morgan fingerprint density at radius 2 is 2.00 bits per heavy atom. The second-order valence-electron chi connectivity index (χ2n) is 0.841. The molecule has 0 spiro atoms. The van der Waals surface area contributed by atoms with Crippen LogP contribution in [0.15, 0.2) is 0 Å². The summed E-state index contributed by atoms with van der Waals surface area (Å²) in [7, 11) is 0.490. The summed E-state index contributed by atoms with van der Waals surface area (Å²) in [5.41, 5.74) is 0. The molecular weight excluding hydrogens is 148 g/mol. The minimum atomic E-state index is 0.490. The largest absolute Gasteiger partial charge is 0.232 e. The van der Waals surface area contributed by atoms with Crippen molar-refractivity contribution in [2.75, 3.05) is 12.0 Å². The molecule has 0 heterocycles. The Bertz CT molecular complexity index is 20.9. The number of rotatable bonds is 1. The predicted molar refractivity (Wildman–Crippen MR) is 32.8 cm³/mol. The van der Waals surface area contributed by atoms with Gasteiger partial charge in [-0.05, 0) is 6.92 Å². The van der Waals surface area contributed by atoms with Crippen LogP contribution in [-0.4, -0.2) is 12.0 Å². The van der Waals surface area contributed by atoms with E-state index in [2.05, 4.69) is 28.0 Å². The molecule has 0 radical (unpaired) electrons. The molecular formula is C3H8BrS+. The first-order valence-corrected chi connectivity index (χ1v) is 5.20. The molecule has 0 aromatic carbocycles. The highest BCUT2D eigenvalue weighted by molar-refractivity contribution is 9.48. The first-order chi connectivity index (χ1) is 2.27. The maximum Gasteiger partial charge on any atom is 0.232 e. The maximum atomic E-state index is 3.40. The lowest BCUT2D eigenvalue weighted by molar-refractivity contribution is 1.53. The lowest BCUT2D eigenvalue weighted by Gasteiger charge is -1.75. The van der Waals surface area contributed by atoms with Crippen molar-refractivity contribution in [2.45, 2.75) is 6.92 Å². The fourth-order valence-electron chi connectivity index (χ4n) is 0. The van der Waals surface area contributed by atoms with Crippen LogP contribution >= 0.6 is 14.8 Å². The van der Waals surface area contributed by atoms with Crippen LogP contribution in [0.5, 0.6) is 0 Å². The zero-order chi connectivity index (χ0) is 4.28. The maximum absolute atomic E-state index is 3.40. The minimum absolute atomic E-state index is 0.490. The smallest absolute Gasteiger partial charge is 0.0189 e. The molecule has 0 N–H and O–H groups in total. The van der Waals surface area contributed by atoms with Crippen LogP contribution in [0.1, 0.15) is 6.92 Å². The van der Waals surface area contributed by atoms with Gasteiger partial charge in [0.2, 0.25) is 14.8 Å². The normalized spacial score (nSPS) is 15.0. The van der Waals surface area contributed by atoms with E-state index in [1.54, 1.807) is 0 Å². The summed E-state index contributed by atoms with van der Waals surface area (Å²) >= 11 is 3.40. The van der Waals surface area contributed by atoms with Gasteiger partial charge in [0, 0.05) is 0 Å². The molecule has 0 aliphatic carbocycles. The van der Waals surface area contributed by atoms with E-state index >= 15 is 0 Å². The third-order valence-electron chi connectivity index (χ3n) is 0.398. The van der Waals surface area contributed by atoms with Gasteiger partial charge in [0.05, 0.1) is 9.33 Å². The zero-order valence-electron chi connectivity index (χ0n) is 3.49. The summed E-state index contributed by atoms with van der Waals surface area (Å²) in [6.45, 7) is 2.16. The summed E-state index contributed by atoms with van der Waals surface area (Å²) < 4.78 is 0. The molecule has 0 nitrogen and oxygen atoms in total. The summed E-state index contributed by atoms with van der Waals surface area (Å²) in [6.07, 6.45) is 2.17. The van der Waals surface area contributed by atoms with Crippen LogP contribution < -0.4 is 0 Å². The van der Waals surface area contributed by atoms with Crippen molar-refractivity contribution >= 4 is 24.1 Å². The Labute approximate surface area is 43.5 Å². The Kier molecular flexibility index (Phi) is 3.54. The Morgan fingerprint density at radius 3 is 2.00 bits per heavy atom. The first-order valence-electron chi connectivity index (χ1n) is 1.56. The highest BCUT2D eigenvalue weighted by Gasteiger charge is 1.95. The van der Waals surface area contributed by atoms with Gasteiger partial charge < -0.3 is 0 Å². The molecule has 0 saturated heterocycles. The van der Waals surface area contributed by atoms with Gasteiger partial charge in [0.15, 0.2) is 0 Å². The van der Waals surface area contributed by atoms with Crippen LogP contribution in [0.2, 0.25) is 0 Å². The summed E-state index contributed by atoms with van der Waals surface area (Å²) in [5, 5.41) is 0. The molecule has 5 heavy (non-hydrogen) atoms. The molecule has 0 amide bonds. The molecule has 0 aliphatic heterocycles. The van der Waals surface area contributed by atoms with Crippen LogP contribution in [0.4, 0.5) is 0 Å². The summed E-state index contributed by atoms with van der Waals surface area (Å²) in [4.78, 5) is 0. The average molecular weight is 156 g/mol. The summed E-state index contributed by atoms with van der Waals surface area (Å²) in [6, 6.07) is 0. The van der Waals surface area contributed by atoms with Crippen molar-refractivity contribution in [3.8, 4) is 0 Å². The predicted octanol–water partition coefficient (Wildman–Crippen LogP) is 1.56. The fraction of sp³-hybridized carbons (Fsp3) is 1.00. The molecule has 32 valence electrons. The first kappa shape index (κ1) is 5.83. The van der Waals surface area contributed by atoms with Crippen molar-refractivity contribution in [1.29, 1.82) is 0 Å². The number of hydrogen-bond donors (Lipinski definition) is 0. The Balaban J connectivity index is 2.54. The Morgan fingerprint density at radius 1 is 1.80 bits per heavy atom. The molecule has 0 aromatic rings. The van der Waals surface area contributed by atoms with Gasteiger partial charge in [-0.15, -0.1) is 0 Å². The Hall–Kier alpha value is 0.830. The fourth-order valence-corrected chi connectivity index (χ4v) is 0. The van der Waals surface area contributed by atoms with Crippen molar-refractivity contribution in [3.05, 3.63) is 0 Å². The van der Waals surface area contributed by atoms with E-state index in [9.17, 15) is 0 Å². The van der Waals surface area contributed by atoms with Gasteiger partial charge in [-0.3, -0.25) is 0 Å². The van der Waals surface area contributed by atoms with Crippen LogP contribution in [0, 0.1) is 0 Å². The topological polar surface area (TPSA) is 0 Å². The molecule has 0 saturated carbocycles. The molecule has 1 atom stereocenters. The van der Waals surface area contributed by atoms with Gasteiger partial charge in [-0.2, -0.15) is 0 Å². The lowest BCUT2D eigenvalue weighted by Crippen LogP contribution is -1.85. The second kappa shape index (κ2) is 3.04. The highest BCUT2D eigenvalue weighted by atomic mass is 79.9. The third-order valence-corrected chi connectivity index (χ3v) is 2.57. The molecule has 2 heteroatoms. The number of hydrogen-bond acceptors (Lipinski definition) is 0. The zero-order valence-corrected chi connectivity index (χ0v) is 5.90. The van der Waals surface area contributed by atoms with Crippen LogP contribution in [-0.2, 0) is 9.33 Å². The average Bonchev–Trinajstić information content (AvgIpc) is 1.38. The SMILES string of the molecule is CC[S+](C)Br. The van der Waals surface area contributed by atoms with Crippen molar-refractivity contribution in [2.24, 2.45) is 0 Å². The monoisotopic (exact) mass is 155 g/mol. The molecule has 0 aromatic heterocycles. The van der Waals surface area contributed by atoms with Crippen LogP contribution in [0.25, 0.3) is 0 Å². The highest BCUT2D eigenvalue weighted by Crippen LogP contribution is 1.97. The van der Waals surface area contributed by atoms with E-state index in [0.717, 1.165) is 0 Å². The molecule has 0 fully saturated rings. The molecule has 0 aliphatic rings. The van der Waals surface area contributed by atoms with Crippen molar-refractivity contribution in [1.82, 2.24) is 0 Å². The van der Waals surface area contributed by atoms with E-state index < -0.39 is 0 Å². The summed E-state index contributed by atoms with van der Waals surface area (Å²) in [5.74, 6) is 1.25. The van der Waals surface area contributed by atoms with E-state index in [1.807, 2.05) is 0 Å². The molecule has 0 bridgehead atoms. The standard InChI is InChI=1S/C3H8BrS/c1-3-5(2)4/h3H2,1-2H3/q+1. The third kappa shape index (κ3) is 4.83. The van der Waals surface area contributed by atoms with Crippen molar-refractivity contribution in [3.63, 3.8) is 0 Å². The van der Waals surface area contributed by atoms with Gasteiger partial charge in [0.1, 0.15) is 12.0 Å². The number of halogens is 1. The van der Waals surface area contributed by atoms with Gasteiger partial charge >= 0.3 is 0 Å². The minimum Gasteiger partial charge on any atom is -0.0189 e. The second-order valence-corrected chi connectivity index (χ2v) is 5.84. The molecule has 0 rings (SSSR count). The van der Waals surface area contributed by atoms with E-state index in [4.69, 9.17) is 0 Å². The van der Waals surface area contributed by atoms with Crippen LogP contribution in [0.3, 0.4) is 0 Å². The van der Waals surface area contributed by atoms with Gasteiger partial charge in [-0.1, -0.05) is 0 Å². The molecule has 1 unspecified atom stereocenters. The van der Waals surface area contributed by atoms with E-state index in [0.29, 0.717) is 9.33 Å². The van der Waals surface area contributed by atoms with Crippen molar-refractivity contribution < 1.29 is 0 Å². The lowest BCUT2D eigenvalue weighted by atomic mass is 11.0.